The Morgan fingerprint density at radius 2 is 1.18 bits per heavy atom. The summed E-state index contributed by atoms with van der Waals surface area (Å²) in [5, 5.41) is 0. The van der Waals surface area contributed by atoms with Crippen molar-refractivity contribution in [3.05, 3.63) is 71.8 Å². The van der Waals surface area contributed by atoms with Crippen molar-refractivity contribution in [1.29, 1.82) is 0 Å². The molecule has 0 fully saturated rings. The zero-order chi connectivity index (χ0) is 12.1. The Labute approximate surface area is 102 Å². The zero-order valence-electron chi connectivity index (χ0n) is 9.11. The molecule has 0 bridgehead atoms. The number of rotatable bonds is 4. The summed E-state index contributed by atoms with van der Waals surface area (Å²) in [6, 6.07) is 18.7. The van der Waals surface area contributed by atoms with Gasteiger partial charge in [-0.1, -0.05) is 60.7 Å². The number of hydrogen-bond acceptors (Lipinski definition) is 2. The first kappa shape index (κ1) is 11.8. The molecule has 0 atom stereocenters. The minimum absolute atomic E-state index is 0.321. The summed E-state index contributed by atoms with van der Waals surface area (Å²) < 4.78 is 24.3. The van der Waals surface area contributed by atoms with Crippen LogP contribution in [-0.2, 0) is 10.9 Å². The molecule has 0 saturated heterocycles. The van der Waals surface area contributed by atoms with E-state index in [1.807, 2.05) is 60.7 Å². The van der Waals surface area contributed by atoms with Crippen LogP contribution < -0.4 is 4.72 Å². The van der Waals surface area contributed by atoms with Gasteiger partial charge in [0, 0.05) is 0 Å². The van der Waals surface area contributed by atoms with Crippen LogP contribution in [0.3, 0.4) is 0 Å². The van der Waals surface area contributed by atoms with Crippen LogP contribution in [0.1, 0.15) is 17.2 Å². The van der Waals surface area contributed by atoms with Crippen molar-refractivity contribution >= 4 is 10.9 Å². The third-order valence-corrected chi connectivity index (χ3v) is 2.97. The van der Waals surface area contributed by atoms with Gasteiger partial charge in [-0.15, -0.1) is 0 Å². The summed E-state index contributed by atoms with van der Waals surface area (Å²) in [6.07, 6.45) is 0. The molecule has 0 aliphatic carbocycles. The first-order valence-corrected chi connectivity index (χ1v) is 6.45. The SMILES string of the molecule is O=[SH](=O)NC(c1ccccc1)c1ccccc1. The van der Waals surface area contributed by atoms with Crippen LogP contribution in [0.15, 0.2) is 60.7 Å². The molecule has 88 valence electrons. The largest absolute Gasteiger partial charge is 0.215 e. The Bertz CT molecular complexity index is 490. The zero-order valence-corrected chi connectivity index (χ0v) is 10.0. The lowest BCUT2D eigenvalue weighted by Crippen LogP contribution is -2.20. The molecule has 4 heteroatoms. The van der Waals surface area contributed by atoms with E-state index in [1.165, 1.54) is 0 Å². The molecule has 2 aromatic rings. The Balaban J connectivity index is 2.39. The van der Waals surface area contributed by atoms with Gasteiger partial charge in [-0.2, -0.15) is 0 Å². The summed E-state index contributed by atoms with van der Waals surface area (Å²) >= 11 is 0. The van der Waals surface area contributed by atoms with Crippen molar-refractivity contribution in [3.8, 4) is 0 Å². The highest BCUT2D eigenvalue weighted by Gasteiger charge is 2.13. The average molecular weight is 247 g/mol. The second kappa shape index (κ2) is 5.61. The lowest BCUT2D eigenvalue weighted by molar-refractivity contribution is 0.592. The molecule has 0 saturated carbocycles. The summed E-state index contributed by atoms with van der Waals surface area (Å²) in [5.41, 5.74) is 1.86. The summed E-state index contributed by atoms with van der Waals surface area (Å²) in [7, 11) is -2.64. The van der Waals surface area contributed by atoms with Crippen molar-refractivity contribution in [3.63, 3.8) is 0 Å². The lowest BCUT2D eigenvalue weighted by atomic mass is 10.00. The van der Waals surface area contributed by atoms with Crippen LogP contribution in [-0.4, -0.2) is 8.42 Å². The van der Waals surface area contributed by atoms with Crippen LogP contribution in [0.5, 0.6) is 0 Å². The van der Waals surface area contributed by atoms with Gasteiger partial charge in [-0.05, 0) is 11.1 Å². The van der Waals surface area contributed by atoms with Gasteiger partial charge < -0.3 is 0 Å². The summed E-state index contributed by atoms with van der Waals surface area (Å²) in [4.78, 5) is 0. The molecule has 3 nitrogen and oxygen atoms in total. The molecule has 0 unspecified atom stereocenters. The maximum absolute atomic E-state index is 10.9. The van der Waals surface area contributed by atoms with Crippen molar-refractivity contribution < 1.29 is 8.42 Å². The van der Waals surface area contributed by atoms with Crippen LogP contribution in [0.25, 0.3) is 0 Å². The molecule has 0 aromatic heterocycles. The van der Waals surface area contributed by atoms with E-state index >= 15 is 0 Å². The molecule has 2 aromatic carbocycles. The highest BCUT2D eigenvalue weighted by atomic mass is 32.2. The third-order valence-electron chi connectivity index (χ3n) is 2.50. The number of hydrogen-bond donors (Lipinski definition) is 2. The third kappa shape index (κ3) is 3.15. The minimum Gasteiger partial charge on any atom is -0.215 e. The molecule has 0 spiro atoms. The van der Waals surface area contributed by atoms with E-state index in [0.717, 1.165) is 11.1 Å². The van der Waals surface area contributed by atoms with Gasteiger partial charge in [0.2, 0.25) is 10.9 Å². The van der Waals surface area contributed by atoms with Gasteiger partial charge in [0.15, 0.2) is 0 Å². The van der Waals surface area contributed by atoms with Crippen molar-refractivity contribution in [2.24, 2.45) is 0 Å². The quantitative estimate of drug-likeness (QED) is 0.810. The molecule has 0 heterocycles. The first-order valence-electron chi connectivity index (χ1n) is 5.28. The molecule has 0 amide bonds. The highest BCUT2D eigenvalue weighted by molar-refractivity contribution is 7.70. The van der Waals surface area contributed by atoms with E-state index < -0.39 is 10.9 Å². The molecular formula is C13H13NO2S. The second-order valence-corrected chi connectivity index (χ2v) is 4.41. The van der Waals surface area contributed by atoms with Gasteiger partial charge in [0.1, 0.15) is 0 Å². The number of nitrogens with one attached hydrogen (secondary N) is 1. The van der Waals surface area contributed by atoms with Crippen LogP contribution in [0, 0.1) is 0 Å². The van der Waals surface area contributed by atoms with Gasteiger partial charge in [-0.25, -0.2) is 13.1 Å². The van der Waals surface area contributed by atoms with Gasteiger partial charge in [0.25, 0.3) is 0 Å². The predicted octanol–water partition coefficient (Wildman–Crippen LogP) is 1.89. The fraction of sp³-hybridized carbons (Fsp3) is 0.0769. The Hall–Kier alpha value is -1.65. The molecule has 17 heavy (non-hydrogen) atoms. The van der Waals surface area contributed by atoms with E-state index in [-0.39, 0.29) is 6.04 Å². The van der Waals surface area contributed by atoms with Crippen molar-refractivity contribution in [1.82, 2.24) is 4.72 Å². The minimum atomic E-state index is -2.64. The lowest BCUT2D eigenvalue weighted by Gasteiger charge is -2.15. The van der Waals surface area contributed by atoms with Gasteiger partial charge >= 0.3 is 0 Å². The molecule has 0 aliphatic heterocycles. The van der Waals surface area contributed by atoms with Crippen molar-refractivity contribution in [2.75, 3.05) is 0 Å². The Kier molecular flexibility index (Phi) is 3.90. The summed E-state index contributed by atoms with van der Waals surface area (Å²) in [6.45, 7) is 0. The monoisotopic (exact) mass is 247 g/mol. The average Bonchev–Trinajstić information content (AvgIpc) is 2.38. The number of thiol groups is 1. The van der Waals surface area contributed by atoms with E-state index in [9.17, 15) is 8.42 Å². The maximum atomic E-state index is 10.9. The second-order valence-electron chi connectivity index (χ2n) is 3.64. The maximum Gasteiger partial charge on any atom is 0.202 e. The standard InChI is InChI=1S/C13H13NO2S/c15-17(16)14-13(11-7-3-1-4-8-11)12-9-5-2-6-10-12/h1-10,13,17H,(H,14,15,16). The Morgan fingerprint density at radius 1 is 0.765 bits per heavy atom. The van der Waals surface area contributed by atoms with Crippen LogP contribution in [0.4, 0.5) is 0 Å². The van der Waals surface area contributed by atoms with E-state index in [4.69, 9.17) is 0 Å². The topological polar surface area (TPSA) is 46.2 Å². The molecule has 2 rings (SSSR count). The van der Waals surface area contributed by atoms with Crippen LogP contribution in [0.2, 0.25) is 0 Å². The molecule has 1 N–H and O–H groups in total. The fourth-order valence-corrected chi connectivity index (χ4v) is 2.25. The highest BCUT2D eigenvalue weighted by Crippen LogP contribution is 2.21. The van der Waals surface area contributed by atoms with Gasteiger partial charge in [0.05, 0.1) is 6.04 Å². The molecular weight excluding hydrogens is 234 g/mol. The first-order chi connectivity index (χ1) is 8.27. The fourth-order valence-electron chi connectivity index (χ4n) is 1.74. The molecule has 0 radical (unpaired) electrons. The normalized spacial score (nSPS) is 10.9. The van der Waals surface area contributed by atoms with E-state index in [1.54, 1.807) is 0 Å². The summed E-state index contributed by atoms with van der Waals surface area (Å²) in [5.74, 6) is 0. The molecule has 0 aliphatic rings. The smallest absolute Gasteiger partial charge is 0.202 e. The predicted molar refractivity (Wildman–Crippen MR) is 68.2 cm³/mol. The number of benzene rings is 2. The van der Waals surface area contributed by atoms with Gasteiger partial charge in [-0.3, -0.25) is 0 Å². The van der Waals surface area contributed by atoms with Crippen molar-refractivity contribution in [2.45, 2.75) is 6.04 Å². The Morgan fingerprint density at radius 3 is 1.53 bits per heavy atom. The van der Waals surface area contributed by atoms with Crippen LogP contribution >= 0.6 is 0 Å². The van der Waals surface area contributed by atoms with E-state index in [2.05, 4.69) is 4.72 Å². The van der Waals surface area contributed by atoms with E-state index in [0.29, 0.717) is 0 Å².